The average molecular weight is 274 g/mol. The Labute approximate surface area is 112 Å². The van der Waals surface area contributed by atoms with Crippen molar-refractivity contribution in [1.29, 1.82) is 0 Å². The van der Waals surface area contributed by atoms with E-state index in [-0.39, 0.29) is 6.04 Å². The van der Waals surface area contributed by atoms with Gasteiger partial charge in [0.05, 0.1) is 17.3 Å². The molecule has 0 saturated carbocycles. The monoisotopic (exact) mass is 274 g/mol. The molecule has 2 unspecified atom stereocenters. The van der Waals surface area contributed by atoms with Crippen molar-refractivity contribution in [3.63, 3.8) is 0 Å². The van der Waals surface area contributed by atoms with E-state index in [4.69, 9.17) is 0 Å². The van der Waals surface area contributed by atoms with E-state index in [0.717, 1.165) is 31.6 Å². The summed E-state index contributed by atoms with van der Waals surface area (Å²) in [4.78, 5) is 3.98. The lowest BCUT2D eigenvalue weighted by molar-refractivity contribution is -0.137. The van der Waals surface area contributed by atoms with E-state index in [1.54, 1.807) is 0 Å². The second kappa shape index (κ2) is 6.89. The summed E-state index contributed by atoms with van der Waals surface area (Å²) >= 11 is 0. The SMILES string of the molecule is CCCC(C)C(NCC)c1ccc(C(F)(F)F)cn1. The third kappa shape index (κ3) is 4.49. The molecule has 0 aliphatic carbocycles. The average Bonchev–Trinajstić information content (AvgIpc) is 2.35. The Kier molecular flexibility index (Phi) is 5.79. The van der Waals surface area contributed by atoms with Gasteiger partial charge in [0.2, 0.25) is 0 Å². The molecule has 0 amide bonds. The van der Waals surface area contributed by atoms with Crippen molar-refractivity contribution in [3.05, 3.63) is 29.6 Å². The fourth-order valence-electron chi connectivity index (χ4n) is 2.20. The van der Waals surface area contributed by atoms with Gasteiger partial charge in [-0.3, -0.25) is 4.98 Å². The van der Waals surface area contributed by atoms with Crippen molar-refractivity contribution in [3.8, 4) is 0 Å². The molecule has 0 spiro atoms. The van der Waals surface area contributed by atoms with Crippen LogP contribution in [-0.2, 0) is 6.18 Å². The van der Waals surface area contributed by atoms with E-state index in [2.05, 4.69) is 24.1 Å². The van der Waals surface area contributed by atoms with Crippen molar-refractivity contribution in [1.82, 2.24) is 10.3 Å². The third-order valence-corrected chi connectivity index (χ3v) is 3.17. The zero-order valence-corrected chi connectivity index (χ0v) is 11.6. The van der Waals surface area contributed by atoms with Gasteiger partial charge in [0.1, 0.15) is 0 Å². The fraction of sp³-hybridized carbons (Fsp3) is 0.643. The summed E-state index contributed by atoms with van der Waals surface area (Å²) in [6, 6.07) is 2.58. The Balaban J connectivity index is 2.91. The van der Waals surface area contributed by atoms with E-state index in [9.17, 15) is 13.2 Å². The Morgan fingerprint density at radius 1 is 1.26 bits per heavy atom. The van der Waals surface area contributed by atoms with Crippen molar-refractivity contribution in [2.75, 3.05) is 6.54 Å². The highest BCUT2D eigenvalue weighted by Gasteiger charge is 2.31. The number of aromatic nitrogens is 1. The second-order valence-electron chi connectivity index (χ2n) is 4.77. The first-order chi connectivity index (χ1) is 8.90. The van der Waals surface area contributed by atoms with Gasteiger partial charge in [-0.2, -0.15) is 13.2 Å². The molecule has 0 saturated heterocycles. The van der Waals surface area contributed by atoms with Gasteiger partial charge >= 0.3 is 6.18 Å². The van der Waals surface area contributed by atoms with Crippen LogP contribution in [0.4, 0.5) is 13.2 Å². The summed E-state index contributed by atoms with van der Waals surface area (Å²) in [7, 11) is 0. The molecular formula is C14H21F3N2. The van der Waals surface area contributed by atoms with Gasteiger partial charge in [0.15, 0.2) is 0 Å². The quantitative estimate of drug-likeness (QED) is 0.841. The van der Waals surface area contributed by atoms with Crippen LogP contribution < -0.4 is 5.32 Å². The lowest BCUT2D eigenvalue weighted by atomic mass is 9.93. The Hall–Kier alpha value is -1.10. The van der Waals surface area contributed by atoms with Crippen LogP contribution in [0.15, 0.2) is 18.3 Å². The lowest BCUT2D eigenvalue weighted by Crippen LogP contribution is -2.27. The smallest absolute Gasteiger partial charge is 0.309 e. The van der Waals surface area contributed by atoms with E-state index in [0.29, 0.717) is 11.6 Å². The standard InChI is InChI=1S/C14H21F3N2/c1-4-6-10(3)13(18-5-2)12-8-7-11(9-19-12)14(15,16)17/h7-10,13,18H,4-6H2,1-3H3. The summed E-state index contributed by atoms with van der Waals surface area (Å²) < 4.78 is 37.5. The predicted molar refractivity (Wildman–Crippen MR) is 69.7 cm³/mol. The van der Waals surface area contributed by atoms with Crippen LogP contribution in [0.5, 0.6) is 0 Å². The number of hydrogen-bond acceptors (Lipinski definition) is 2. The van der Waals surface area contributed by atoms with Crippen molar-refractivity contribution >= 4 is 0 Å². The maximum atomic E-state index is 12.5. The minimum Gasteiger partial charge on any atom is -0.309 e. The van der Waals surface area contributed by atoms with Crippen molar-refractivity contribution in [2.45, 2.75) is 45.8 Å². The molecule has 1 heterocycles. The normalized spacial score (nSPS) is 15.3. The molecule has 108 valence electrons. The number of rotatable bonds is 6. The van der Waals surface area contributed by atoms with Gasteiger partial charge in [-0.15, -0.1) is 0 Å². The molecule has 1 aromatic rings. The zero-order valence-electron chi connectivity index (χ0n) is 11.6. The highest BCUT2D eigenvalue weighted by atomic mass is 19.4. The first-order valence-corrected chi connectivity index (χ1v) is 6.66. The minimum atomic E-state index is -4.33. The highest BCUT2D eigenvalue weighted by Crippen LogP contribution is 2.30. The van der Waals surface area contributed by atoms with Crippen LogP contribution >= 0.6 is 0 Å². The molecule has 2 atom stereocenters. The molecule has 0 aliphatic heterocycles. The van der Waals surface area contributed by atoms with Crippen LogP contribution in [0.2, 0.25) is 0 Å². The Morgan fingerprint density at radius 3 is 2.37 bits per heavy atom. The Morgan fingerprint density at radius 2 is 1.95 bits per heavy atom. The van der Waals surface area contributed by atoms with Gasteiger partial charge in [-0.25, -0.2) is 0 Å². The predicted octanol–water partition coefficient (Wildman–Crippen LogP) is 4.19. The van der Waals surface area contributed by atoms with Gasteiger partial charge in [0, 0.05) is 6.20 Å². The summed E-state index contributed by atoms with van der Waals surface area (Å²) in [5, 5.41) is 3.30. The molecule has 1 N–H and O–H groups in total. The fourth-order valence-corrected chi connectivity index (χ4v) is 2.20. The van der Waals surface area contributed by atoms with Crippen LogP contribution in [0.3, 0.4) is 0 Å². The van der Waals surface area contributed by atoms with Crippen LogP contribution in [0, 0.1) is 5.92 Å². The Bertz CT molecular complexity index is 373. The van der Waals surface area contributed by atoms with E-state index in [1.165, 1.54) is 6.07 Å². The van der Waals surface area contributed by atoms with Gasteiger partial charge < -0.3 is 5.32 Å². The molecule has 0 aliphatic rings. The molecule has 0 aromatic carbocycles. The topological polar surface area (TPSA) is 24.9 Å². The van der Waals surface area contributed by atoms with Crippen molar-refractivity contribution < 1.29 is 13.2 Å². The number of nitrogens with zero attached hydrogens (tertiary/aromatic N) is 1. The number of pyridine rings is 1. The molecular weight excluding hydrogens is 253 g/mol. The minimum absolute atomic E-state index is 0.00670. The molecule has 0 fully saturated rings. The lowest BCUT2D eigenvalue weighted by Gasteiger charge is -2.24. The number of halogens is 3. The van der Waals surface area contributed by atoms with E-state index >= 15 is 0 Å². The molecule has 0 bridgehead atoms. The van der Waals surface area contributed by atoms with Crippen LogP contribution in [-0.4, -0.2) is 11.5 Å². The number of hydrogen-bond donors (Lipinski definition) is 1. The number of alkyl halides is 3. The summed E-state index contributed by atoms with van der Waals surface area (Å²) in [5.41, 5.74) is -0.0227. The van der Waals surface area contributed by atoms with Crippen LogP contribution in [0.1, 0.15) is 50.9 Å². The second-order valence-corrected chi connectivity index (χ2v) is 4.77. The van der Waals surface area contributed by atoms with Crippen LogP contribution in [0.25, 0.3) is 0 Å². The van der Waals surface area contributed by atoms with Gasteiger partial charge in [0.25, 0.3) is 0 Å². The van der Waals surface area contributed by atoms with Gasteiger partial charge in [-0.1, -0.05) is 27.2 Å². The third-order valence-electron chi connectivity index (χ3n) is 3.17. The summed E-state index contributed by atoms with van der Waals surface area (Å²) in [6.45, 7) is 6.94. The van der Waals surface area contributed by atoms with Crippen molar-refractivity contribution in [2.24, 2.45) is 5.92 Å². The highest BCUT2D eigenvalue weighted by molar-refractivity contribution is 5.19. The maximum Gasteiger partial charge on any atom is 0.417 e. The molecule has 2 nitrogen and oxygen atoms in total. The first-order valence-electron chi connectivity index (χ1n) is 6.66. The first kappa shape index (κ1) is 16.0. The molecule has 1 rings (SSSR count). The number of nitrogens with one attached hydrogen (secondary N) is 1. The summed E-state index contributed by atoms with van der Waals surface area (Å²) in [6.07, 6.45) is -1.35. The molecule has 5 heteroatoms. The maximum absolute atomic E-state index is 12.5. The largest absolute Gasteiger partial charge is 0.417 e. The molecule has 0 radical (unpaired) electrons. The van der Waals surface area contributed by atoms with Gasteiger partial charge in [-0.05, 0) is 31.0 Å². The zero-order chi connectivity index (χ0) is 14.5. The van der Waals surface area contributed by atoms with E-state index < -0.39 is 11.7 Å². The molecule has 1 aromatic heterocycles. The summed E-state index contributed by atoms with van der Waals surface area (Å²) in [5.74, 6) is 0.342. The van der Waals surface area contributed by atoms with E-state index in [1.807, 2.05) is 6.92 Å². The molecule has 19 heavy (non-hydrogen) atoms.